The summed E-state index contributed by atoms with van der Waals surface area (Å²) in [5, 5.41) is 3.47. The molecule has 0 bridgehead atoms. The lowest BCUT2D eigenvalue weighted by Gasteiger charge is -2.21. The Morgan fingerprint density at radius 1 is 1.35 bits per heavy atom. The Balaban J connectivity index is 0.00000192. The van der Waals surface area contributed by atoms with Crippen LogP contribution < -0.4 is 5.73 Å². The van der Waals surface area contributed by atoms with E-state index in [1.54, 1.807) is 0 Å². The van der Waals surface area contributed by atoms with E-state index >= 15 is 0 Å². The third-order valence-corrected chi connectivity index (χ3v) is 4.80. The van der Waals surface area contributed by atoms with Crippen LogP contribution in [-0.4, -0.2) is 28.4 Å². The molecule has 1 amide bonds. The van der Waals surface area contributed by atoms with Gasteiger partial charge < -0.3 is 10.6 Å². The van der Waals surface area contributed by atoms with Gasteiger partial charge in [0.2, 0.25) is 0 Å². The van der Waals surface area contributed by atoms with E-state index in [1.165, 1.54) is 11.3 Å². The first-order valence-electron chi connectivity index (χ1n) is 7.37. The standard InChI is InChI=1S/C16H18ClN3OS.ClH/c17-12-3-1-11(2-4-12)9-20(13-5-6-13)16(21)14-10-22-15(19-14)7-8-18;/h1-4,10,13H,5-9,18H2;1H. The van der Waals surface area contributed by atoms with Crippen LogP contribution in [0.25, 0.3) is 0 Å². The van der Waals surface area contributed by atoms with Crippen LogP contribution in [-0.2, 0) is 13.0 Å². The summed E-state index contributed by atoms with van der Waals surface area (Å²) in [5.74, 6) is 0.0111. The van der Waals surface area contributed by atoms with Crippen molar-refractivity contribution in [1.29, 1.82) is 0 Å². The van der Waals surface area contributed by atoms with Crippen LogP contribution in [0, 0.1) is 0 Å². The molecule has 1 saturated carbocycles. The highest BCUT2D eigenvalue weighted by atomic mass is 35.5. The van der Waals surface area contributed by atoms with Crippen molar-refractivity contribution in [3.05, 3.63) is 50.9 Å². The number of aromatic nitrogens is 1. The van der Waals surface area contributed by atoms with Crippen molar-refractivity contribution in [3.8, 4) is 0 Å². The number of hydrogen-bond acceptors (Lipinski definition) is 4. The van der Waals surface area contributed by atoms with Gasteiger partial charge in [-0.05, 0) is 37.1 Å². The Morgan fingerprint density at radius 3 is 2.65 bits per heavy atom. The summed E-state index contributed by atoms with van der Waals surface area (Å²) in [6.45, 7) is 1.16. The van der Waals surface area contributed by atoms with E-state index in [0.717, 1.165) is 29.8 Å². The van der Waals surface area contributed by atoms with Gasteiger partial charge in [0.25, 0.3) is 5.91 Å². The second kappa shape index (κ2) is 8.11. The summed E-state index contributed by atoms with van der Waals surface area (Å²) in [6, 6.07) is 7.98. The topological polar surface area (TPSA) is 59.2 Å². The van der Waals surface area contributed by atoms with Gasteiger partial charge in [0.1, 0.15) is 5.69 Å². The highest BCUT2D eigenvalue weighted by Crippen LogP contribution is 2.30. The zero-order valence-electron chi connectivity index (χ0n) is 12.6. The molecule has 2 aromatic rings. The van der Waals surface area contributed by atoms with E-state index in [0.29, 0.717) is 29.8 Å². The SMILES string of the molecule is Cl.NCCc1nc(C(=O)N(Cc2ccc(Cl)cc2)C2CC2)cs1. The second-order valence-corrected chi connectivity index (χ2v) is 6.83. The average Bonchev–Trinajstić information content (AvgIpc) is 3.25. The highest BCUT2D eigenvalue weighted by Gasteiger charge is 2.33. The molecule has 1 heterocycles. The van der Waals surface area contributed by atoms with Crippen LogP contribution in [0.1, 0.15) is 33.9 Å². The Bertz CT molecular complexity index is 656. The van der Waals surface area contributed by atoms with E-state index < -0.39 is 0 Å². The third-order valence-electron chi connectivity index (χ3n) is 3.64. The van der Waals surface area contributed by atoms with Gasteiger partial charge in [0, 0.05) is 29.4 Å². The van der Waals surface area contributed by atoms with Crippen LogP contribution in [0.5, 0.6) is 0 Å². The minimum atomic E-state index is 0. The van der Waals surface area contributed by atoms with Gasteiger partial charge >= 0.3 is 0 Å². The van der Waals surface area contributed by atoms with Gasteiger partial charge in [-0.2, -0.15) is 0 Å². The van der Waals surface area contributed by atoms with Crippen LogP contribution in [0.15, 0.2) is 29.6 Å². The normalized spacial score (nSPS) is 13.5. The Morgan fingerprint density at radius 2 is 2.04 bits per heavy atom. The fourth-order valence-electron chi connectivity index (χ4n) is 2.33. The molecule has 0 unspecified atom stereocenters. The van der Waals surface area contributed by atoms with Gasteiger partial charge in [0.05, 0.1) is 5.01 Å². The summed E-state index contributed by atoms with van der Waals surface area (Å²) in [6.07, 6.45) is 2.86. The van der Waals surface area contributed by atoms with Crippen molar-refractivity contribution in [3.63, 3.8) is 0 Å². The van der Waals surface area contributed by atoms with Gasteiger partial charge in [-0.25, -0.2) is 4.98 Å². The Hall–Kier alpha value is -1.14. The molecular weight excluding hydrogens is 353 g/mol. The van der Waals surface area contributed by atoms with E-state index in [-0.39, 0.29) is 18.3 Å². The molecule has 4 nitrogen and oxygen atoms in total. The molecule has 1 aromatic heterocycles. The maximum absolute atomic E-state index is 12.7. The molecule has 0 atom stereocenters. The molecule has 1 aliphatic rings. The third kappa shape index (κ3) is 4.67. The van der Waals surface area contributed by atoms with Gasteiger partial charge in [0.15, 0.2) is 0 Å². The number of amides is 1. The summed E-state index contributed by atoms with van der Waals surface area (Å²) in [4.78, 5) is 19.1. The molecule has 0 saturated heterocycles. The monoisotopic (exact) mass is 371 g/mol. The number of rotatable bonds is 6. The molecular formula is C16H19Cl2N3OS. The fourth-order valence-corrected chi connectivity index (χ4v) is 3.25. The lowest BCUT2D eigenvalue weighted by atomic mass is 10.2. The number of hydrogen-bond donors (Lipinski definition) is 1. The maximum Gasteiger partial charge on any atom is 0.273 e. The van der Waals surface area contributed by atoms with Crippen molar-refractivity contribution in [2.75, 3.05) is 6.54 Å². The average molecular weight is 372 g/mol. The predicted octanol–water partition coefficient (Wildman–Crippen LogP) is 3.52. The predicted molar refractivity (Wildman–Crippen MR) is 96.5 cm³/mol. The molecule has 1 fully saturated rings. The molecule has 124 valence electrons. The molecule has 3 rings (SSSR count). The molecule has 0 radical (unpaired) electrons. The van der Waals surface area contributed by atoms with Crippen LogP contribution in [0.4, 0.5) is 0 Å². The minimum absolute atomic E-state index is 0. The van der Waals surface area contributed by atoms with Gasteiger partial charge in [-0.3, -0.25) is 4.79 Å². The van der Waals surface area contributed by atoms with Crippen molar-refractivity contribution in [2.45, 2.75) is 31.8 Å². The first kappa shape index (κ1) is 18.2. The lowest BCUT2D eigenvalue weighted by molar-refractivity contribution is 0.0724. The maximum atomic E-state index is 12.7. The quantitative estimate of drug-likeness (QED) is 0.844. The van der Waals surface area contributed by atoms with E-state index in [4.69, 9.17) is 17.3 Å². The van der Waals surface area contributed by atoms with Crippen molar-refractivity contribution >= 4 is 41.3 Å². The van der Waals surface area contributed by atoms with Crippen molar-refractivity contribution in [1.82, 2.24) is 9.88 Å². The first-order valence-corrected chi connectivity index (χ1v) is 8.63. The number of nitrogens with two attached hydrogens (primary N) is 1. The fraction of sp³-hybridized carbons (Fsp3) is 0.375. The van der Waals surface area contributed by atoms with Crippen LogP contribution >= 0.6 is 35.3 Å². The van der Waals surface area contributed by atoms with Gasteiger partial charge in [-0.15, -0.1) is 23.7 Å². The Kier molecular flexibility index (Phi) is 6.41. The number of thiazole rings is 1. The molecule has 7 heteroatoms. The van der Waals surface area contributed by atoms with Crippen LogP contribution in [0.2, 0.25) is 5.02 Å². The zero-order valence-corrected chi connectivity index (χ0v) is 15.0. The Labute approximate surface area is 151 Å². The number of halogens is 2. The van der Waals surface area contributed by atoms with E-state index in [9.17, 15) is 4.79 Å². The molecule has 2 N–H and O–H groups in total. The van der Waals surface area contributed by atoms with Crippen molar-refractivity contribution < 1.29 is 4.79 Å². The minimum Gasteiger partial charge on any atom is -0.330 e. The van der Waals surface area contributed by atoms with Crippen molar-refractivity contribution in [2.24, 2.45) is 5.73 Å². The largest absolute Gasteiger partial charge is 0.330 e. The smallest absolute Gasteiger partial charge is 0.273 e. The van der Waals surface area contributed by atoms with E-state index in [2.05, 4.69) is 4.98 Å². The number of nitrogens with zero attached hydrogens (tertiary/aromatic N) is 2. The zero-order chi connectivity index (χ0) is 15.5. The molecule has 23 heavy (non-hydrogen) atoms. The lowest BCUT2D eigenvalue weighted by Crippen LogP contribution is -2.32. The summed E-state index contributed by atoms with van der Waals surface area (Å²) in [5.41, 5.74) is 7.16. The first-order chi connectivity index (χ1) is 10.7. The summed E-state index contributed by atoms with van der Waals surface area (Å²) < 4.78 is 0. The van der Waals surface area contributed by atoms with Gasteiger partial charge in [-0.1, -0.05) is 23.7 Å². The summed E-state index contributed by atoms with van der Waals surface area (Å²) in [7, 11) is 0. The number of carbonyl (C=O) groups excluding carboxylic acids is 1. The molecule has 0 aliphatic heterocycles. The van der Waals surface area contributed by atoms with Crippen LogP contribution in [0.3, 0.4) is 0 Å². The molecule has 0 spiro atoms. The van der Waals surface area contributed by atoms with E-state index in [1.807, 2.05) is 34.5 Å². The molecule has 1 aromatic carbocycles. The number of carbonyl (C=O) groups is 1. The highest BCUT2D eigenvalue weighted by molar-refractivity contribution is 7.09. The second-order valence-electron chi connectivity index (χ2n) is 5.46. The molecule has 1 aliphatic carbocycles. The number of benzene rings is 1. The summed E-state index contributed by atoms with van der Waals surface area (Å²) >= 11 is 7.42.